The molecule has 0 radical (unpaired) electrons. The van der Waals surface area contributed by atoms with Gasteiger partial charge in [-0.05, 0) is 17.7 Å². The molecule has 0 aromatic heterocycles. The molecule has 1 heterocycles. The molecule has 3 rings (SSSR count). The maximum atomic E-state index is 11.7. The second kappa shape index (κ2) is 3.90. The number of rotatable bonds is 1. The molecule has 0 saturated heterocycles. The Labute approximate surface area is 104 Å². The molecule has 0 bridgehead atoms. The fraction of sp³-hybridized carbons (Fsp3) is 0.0714. The highest BCUT2D eigenvalue weighted by atomic mass is 35.5. The minimum Gasteiger partial charge on any atom is -0.449 e. The van der Waals surface area contributed by atoms with Gasteiger partial charge in [-0.25, -0.2) is 4.79 Å². The molecule has 84 valence electrons. The van der Waals surface area contributed by atoms with Crippen molar-refractivity contribution in [2.24, 2.45) is 0 Å². The van der Waals surface area contributed by atoms with Gasteiger partial charge < -0.3 is 4.74 Å². The van der Waals surface area contributed by atoms with E-state index in [0.717, 1.165) is 11.1 Å². The van der Waals surface area contributed by atoms with Crippen molar-refractivity contribution in [3.63, 3.8) is 0 Å². The average Bonchev–Trinajstić information content (AvgIpc) is 2.70. The zero-order valence-electron chi connectivity index (χ0n) is 8.89. The van der Waals surface area contributed by atoms with E-state index in [1.54, 1.807) is 18.2 Å². The molecule has 1 aliphatic heterocycles. The van der Waals surface area contributed by atoms with Crippen LogP contribution in [0.15, 0.2) is 48.5 Å². The van der Waals surface area contributed by atoms with E-state index in [1.165, 1.54) is 0 Å². The Morgan fingerprint density at radius 2 is 1.76 bits per heavy atom. The zero-order chi connectivity index (χ0) is 11.8. The lowest BCUT2D eigenvalue weighted by molar-refractivity contribution is 0.0456. The van der Waals surface area contributed by atoms with Gasteiger partial charge in [0.25, 0.3) is 0 Å². The van der Waals surface area contributed by atoms with Gasteiger partial charge in [0.15, 0.2) is 6.10 Å². The summed E-state index contributed by atoms with van der Waals surface area (Å²) in [4.78, 5) is 11.7. The molecule has 2 nitrogen and oxygen atoms in total. The van der Waals surface area contributed by atoms with Gasteiger partial charge in [0.05, 0.1) is 5.56 Å². The summed E-state index contributed by atoms with van der Waals surface area (Å²) in [5.41, 5.74) is 2.27. The Kier molecular flexibility index (Phi) is 2.37. The lowest BCUT2D eigenvalue weighted by Gasteiger charge is -2.11. The topological polar surface area (TPSA) is 26.3 Å². The summed E-state index contributed by atoms with van der Waals surface area (Å²) in [5.74, 6) is -0.309. The Balaban J connectivity index is 2.16. The van der Waals surface area contributed by atoms with Crippen LogP contribution in [0.2, 0.25) is 5.02 Å². The molecule has 0 amide bonds. The maximum Gasteiger partial charge on any atom is 0.339 e. The molecule has 0 saturated carbocycles. The zero-order valence-corrected chi connectivity index (χ0v) is 9.65. The summed E-state index contributed by atoms with van der Waals surface area (Å²) in [6.07, 6.45) is -0.382. The number of benzene rings is 2. The number of hydrogen-bond acceptors (Lipinski definition) is 2. The molecule has 1 unspecified atom stereocenters. The number of carbonyl (C=O) groups is 1. The monoisotopic (exact) mass is 244 g/mol. The van der Waals surface area contributed by atoms with E-state index in [0.29, 0.717) is 10.6 Å². The summed E-state index contributed by atoms with van der Waals surface area (Å²) in [7, 11) is 0. The Hall–Kier alpha value is -1.80. The third kappa shape index (κ3) is 1.61. The first-order valence-electron chi connectivity index (χ1n) is 5.31. The molecule has 3 heteroatoms. The fourth-order valence-corrected chi connectivity index (χ4v) is 2.35. The quantitative estimate of drug-likeness (QED) is 0.717. The van der Waals surface area contributed by atoms with Crippen molar-refractivity contribution in [2.75, 3.05) is 0 Å². The molecule has 1 aliphatic rings. The number of fused-ring (bicyclic) bond motifs is 1. The van der Waals surface area contributed by atoms with Crippen molar-refractivity contribution in [1.29, 1.82) is 0 Å². The van der Waals surface area contributed by atoms with E-state index >= 15 is 0 Å². The van der Waals surface area contributed by atoms with Crippen molar-refractivity contribution < 1.29 is 9.53 Å². The number of carbonyl (C=O) groups excluding carboxylic acids is 1. The van der Waals surface area contributed by atoms with E-state index in [1.807, 2.05) is 30.3 Å². The van der Waals surface area contributed by atoms with E-state index < -0.39 is 0 Å². The predicted molar refractivity (Wildman–Crippen MR) is 65.2 cm³/mol. The van der Waals surface area contributed by atoms with Crippen LogP contribution >= 0.6 is 11.6 Å². The Bertz CT molecular complexity index is 578. The van der Waals surface area contributed by atoms with Gasteiger partial charge in [-0.3, -0.25) is 0 Å². The SMILES string of the molecule is O=C1OC(c2ccccc2)c2c(Cl)cccc21. The molecule has 0 fully saturated rings. The van der Waals surface area contributed by atoms with Gasteiger partial charge in [-0.15, -0.1) is 0 Å². The summed E-state index contributed by atoms with van der Waals surface area (Å²) < 4.78 is 5.38. The average molecular weight is 245 g/mol. The van der Waals surface area contributed by atoms with E-state index in [-0.39, 0.29) is 12.1 Å². The van der Waals surface area contributed by atoms with Crippen LogP contribution < -0.4 is 0 Å². The summed E-state index contributed by atoms with van der Waals surface area (Å²) in [6.45, 7) is 0. The van der Waals surface area contributed by atoms with Gasteiger partial charge in [0.2, 0.25) is 0 Å². The van der Waals surface area contributed by atoms with Gasteiger partial charge in [0, 0.05) is 10.6 Å². The normalized spacial score (nSPS) is 17.7. The van der Waals surface area contributed by atoms with Crippen LogP contribution in [0.25, 0.3) is 0 Å². The largest absolute Gasteiger partial charge is 0.449 e. The Morgan fingerprint density at radius 3 is 2.53 bits per heavy atom. The Morgan fingerprint density at radius 1 is 1.00 bits per heavy atom. The number of esters is 1. The van der Waals surface area contributed by atoms with Crippen LogP contribution in [0.1, 0.15) is 27.6 Å². The standard InChI is InChI=1S/C14H9ClO2/c15-11-8-4-7-10-12(11)13(17-14(10)16)9-5-2-1-3-6-9/h1-8,13H. The highest BCUT2D eigenvalue weighted by Crippen LogP contribution is 2.39. The molecular formula is C14H9ClO2. The van der Waals surface area contributed by atoms with Crippen LogP contribution in [0.3, 0.4) is 0 Å². The van der Waals surface area contributed by atoms with Crippen molar-refractivity contribution >= 4 is 17.6 Å². The predicted octanol–water partition coefficient (Wildman–Crippen LogP) is 3.60. The smallest absolute Gasteiger partial charge is 0.339 e. The van der Waals surface area contributed by atoms with E-state index in [4.69, 9.17) is 16.3 Å². The van der Waals surface area contributed by atoms with Crippen molar-refractivity contribution in [3.8, 4) is 0 Å². The molecule has 1 atom stereocenters. The second-order valence-corrected chi connectivity index (χ2v) is 4.30. The van der Waals surface area contributed by atoms with Gasteiger partial charge in [-0.1, -0.05) is 48.0 Å². The highest BCUT2D eigenvalue weighted by molar-refractivity contribution is 6.32. The first-order chi connectivity index (χ1) is 8.27. The number of halogens is 1. The molecule has 0 N–H and O–H groups in total. The van der Waals surface area contributed by atoms with Crippen LogP contribution in [0.5, 0.6) is 0 Å². The van der Waals surface area contributed by atoms with Gasteiger partial charge in [-0.2, -0.15) is 0 Å². The highest BCUT2D eigenvalue weighted by Gasteiger charge is 2.33. The fourth-order valence-electron chi connectivity index (χ4n) is 2.07. The third-order valence-electron chi connectivity index (χ3n) is 2.86. The minimum absolute atomic E-state index is 0.309. The molecule has 0 spiro atoms. The number of hydrogen-bond donors (Lipinski definition) is 0. The number of ether oxygens (including phenoxy) is 1. The molecular weight excluding hydrogens is 236 g/mol. The summed E-state index contributed by atoms with van der Waals surface area (Å²) >= 11 is 6.15. The summed E-state index contributed by atoms with van der Waals surface area (Å²) in [6, 6.07) is 14.9. The van der Waals surface area contributed by atoms with E-state index in [9.17, 15) is 4.79 Å². The minimum atomic E-state index is -0.382. The van der Waals surface area contributed by atoms with Crippen LogP contribution in [0.4, 0.5) is 0 Å². The third-order valence-corrected chi connectivity index (χ3v) is 3.19. The van der Waals surface area contributed by atoms with Crippen LogP contribution in [-0.2, 0) is 4.74 Å². The molecule has 17 heavy (non-hydrogen) atoms. The first kappa shape index (κ1) is 10.4. The van der Waals surface area contributed by atoms with Crippen molar-refractivity contribution in [2.45, 2.75) is 6.10 Å². The molecule has 2 aromatic carbocycles. The summed E-state index contributed by atoms with van der Waals surface area (Å²) in [5, 5.41) is 0.571. The lowest BCUT2D eigenvalue weighted by atomic mass is 9.99. The maximum absolute atomic E-state index is 11.7. The first-order valence-corrected chi connectivity index (χ1v) is 5.69. The van der Waals surface area contributed by atoms with Gasteiger partial charge >= 0.3 is 5.97 Å². The molecule has 2 aromatic rings. The second-order valence-electron chi connectivity index (χ2n) is 3.90. The number of cyclic esters (lactones) is 1. The molecule has 0 aliphatic carbocycles. The van der Waals surface area contributed by atoms with E-state index in [2.05, 4.69) is 0 Å². The lowest BCUT2D eigenvalue weighted by Crippen LogP contribution is -2.00. The van der Waals surface area contributed by atoms with Crippen LogP contribution in [-0.4, -0.2) is 5.97 Å². The van der Waals surface area contributed by atoms with Crippen molar-refractivity contribution in [3.05, 3.63) is 70.2 Å². The van der Waals surface area contributed by atoms with Gasteiger partial charge in [0.1, 0.15) is 0 Å². The van der Waals surface area contributed by atoms with Crippen LogP contribution in [0, 0.1) is 0 Å². The van der Waals surface area contributed by atoms with Crippen molar-refractivity contribution in [1.82, 2.24) is 0 Å².